The van der Waals surface area contributed by atoms with Gasteiger partial charge in [0.2, 0.25) is 0 Å². The average Bonchev–Trinajstić information content (AvgIpc) is 2.73. The van der Waals surface area contributed by atoms with Gasteiger partial charge in [0.1, 0.15) is 11.6 Å². The molecule has 7 heteroatoms. The minimum Gasteiger partial charge on any atom is -0.444 e. The monoisotopic (exact) mass is 269 g/mol. The molecule has 106 valence electrons. The number of hydrogen-bond donors (Lipinski definition) is 1. The lowest BCUT2D eigenvalue weighted by atomic mass is 10.1. The Morgan fingerprint density at radius 3 is 2.89 bits per heavy atom. The number of carbonyl (C=O) groups excluding carboxylic acids is 1. The third-order valence-electron chi connectivity index (χ3n) is 2.69. The molecule has 1 aliphatic heterocycles. The maximum absolute atomic E-state index is 12.2. The molecule has 19 heavy (non-hydrogen) atoms. The van der Waals surface area contributed by atoms with E-state index in [1.54, 1.807) is 4.90 Å². The summed E-state index contributed by atoms with van der Waals surface area (Å²) >= 11 is 0. The van der Waals surface area contributed by atoms with Crippen molar-refractivity contribution in [2.24, 2.45) is 0 Å². The predicted molar refractivity (Wildman–Crippen MR) is 67.4 cm³/mol. The van der Waals surface area contributed by atoms with E-state index in [-0.39, 0.29) is 0 Å². The number of amides is 1. The summed E-state index contributed by atoms with van der Waals surface area (Å²) in [6.45, 7) is 6.68. The van der Waals surface area contributed by atoms with Gasteiger partial charge >= 0.3 is 6.09 Å². The zero-order chi connectivity index (χ0) is 14.0. The fourth-order valence-electron chi connectivity index (χ4n) is 1.87. The molecule has 1 aliphatic rings. The van der Waals surface area contributed by atoms with Gasteiger partial charge < -0.3 is 19.7 Å². The SMILES string of the molecule is CC(C)(C)OC(=O)N1CCOCC1c1oncc1N. The smallest absolute Gasteiger partial charge is 0.411 e. The van der Waals surface area contributed by atoms with Crippen LogP contribution in [0.5, 0.6) is 0 Å². The molecule has 0 aromatic carbocycles. The highest BCUT2D eigenvalue weighted by Crippen LogP contribution is 2.29. The molecule has 0 bridgehead atoms. The summed E-state index contributed by atoms with van der Waals surface area (Å²) in [5, 5.41) is 3.63. The zero-order valence-corrected chi connectivity index (χ0v) is 11.4. The van der Waals surface area contributed by atoms with Crippen molar-refractivity contribution in [2.75, 3.05) is 25.5 Å². The standard InChI is InChI=1S/C12H19N3O4/c1-12(2,3)18-11(16)15-4-5-17-7-9(15)10-8(13)6-14-19-10/h6,9H,4-5,7,13H2,1-3H3. The lowest BCUT2D eigenvalue weighted by molar-refractivity contribution is -0.0386. The van der Waals surface area contributed by atoms with E-state index in [2.05, 4.69) is 5.16 Å². The van der Waals surface area contributed by atoms with Gasteiger partial charge in [-0.3, -0.25) is 4.90 Å². The molecule has 7 nitrogen and oxygen atoms in total. The second-order valence-corrected chi connectivity index (χ2v) is 5.41. The first-order valence-electron chi connectivity index (χ1n) is 6.16. The summed E-state index contributed by atoms with van der Waals surface area (Å²) in [5.41, 5.74) is 5.63. The predicted octanol–water partition coefficient (Wildman–Crippen LogP) is 1.57. The van der Waals surface area contributed by atoms with Gasteiger partial charge in [-0.15, -0.1) is 0 Å². The number of carbonyl (C=O) groups is 1. The minimum absolute atomic E-state index is 0.318. The maximum Gasteiger partial charge on any atom is 0.411 e. The molecule has 1 unspecified atom stereocenters. The van der Waals surface area contributed by atoms with Gasteiger partial charge in [0.05, 0.1) is 25.1 Å². The first-order chi connectivity index (χ1) is 8.88. The number of nitrogen functional groups attached to an aromatic ring is 1. The summed E-state index contributed by atoms with van der Waals surface area (Å²) in [5.74, 6) is 0.436. The molecule has 2 rings (SSSR count). The van der Waals surface area contributed by atoms with Gasteiger partial charge in [-0.25, -0.2) is 4.79 Å². The Bertz CT molecular complexity index is 452. The molecule has 1 fully saturated rings. The number of nitrogens with zero attached hydrogens (tertiary/aromatic N) is 2. The number of rotatable bonds is 1. The Balaban J connectivity index is 2.17. The van der Waals surface area contributed by atoms with E-state index in [9.17, 15) is 4.79 Å². The van der Waals surface area contributed by atoms with Gasteiger partial charge in [0.25, 0.3) is 0 Å². The van der Waals surface area contributed by atoms with Gasteiger partial charge in [0.15, 0.2) is 5.76 Å². The Morgan fingerprint density at radius 1 is 1.58 bits per heavy atom. The molecule has 0 aliphatic carbocycles. The van der Waals surface area contributed by atoms with Crippen LogP contribution in [0.15, 0.2) is 10.7 Å². The topological polar surface area (TPSA) is 90.8 Å². The van der Waals surface area contributed by atoms with Crippen LogP contribution in [-0.4, -0.2) is 41.5 Å². The fourth-order valence-corrected chi connectivity index (χ4v) is 1.87. The van der Waals surface area contributed by atoms with Crippen molar-refractivity contribution in [2.45, 2.75) is 32.4 Å². The highest BCUT2D eigenvalue weighted by Gasteiger charge is 2.35. The zero-order valence-electron chi connectivity index (χ0n) is 11.4. The first-order valence-corrected chi connectivity index (χ1v) is 6.16. The van der Waals surface area contributed by atoms with Gasteiger partial charge in [-0.1, -0.05) is 5.16 Å². The van der Waals surface area contributed by atoms with Crippen LogP contribution in [0.3, 0.4) is 0 Å². The summed E-state index contributed by atoms with van der Waals surface area (Å²) in [7, 11) is 0. The van der Waals surface area contributed by atoms with Crippen LogP contribution in [0.2, 0.25) is 0 Å². The van der Waals surface area contributed by atoms with E-state index in [4.69, 9.17) is 19.7 Å². The van der Waals surface area contributed by atoms with Crippen molar-refractivity contribution in [3.63, 3.8) is 0 Å². The molecule has 1 aromatic heterocycles. The highest BCUT2D eigenvalue weighted by atomic mass is 16.6. The number of nitrogens with two attached hydrogens (primary N) is 1. The third kappa shape index (κ3) is 3.17. The molecule has 2 heterocycles. The lowest BCUT2D eigenvalue weighted by Gasteiger charge is -2.35. The van der Waals surface area contributed by atoms with Crippen molar-refractivity contribution < 1.29 is 18.8 Å². The Morgan fingerprint density at radius 2 is 2.32 bits per heavy atom. The van der Waals surface area contributed by atoms with Crippen LogP contribution < -0.4 is 5.73 Å². The van der Waals surface area contributed by atoms with Gasteiger partial charge in [0, 0.05) is 6.54 Å². The van der Waals surface area contributed by atoms with E-state index in [0.29, 0.717) is 31.2 Å². The highest BCUT2D eigenvalue weighted by molar-refractivity contribution is 5.69. The molecule has 1 atom stereocenters. The van der Waals surface area contributed by atoms with Gasteiger partial charge in [-0.2, -0.15) is 0 Å². The van der Waals surface area contributed by atoms with Crippen LogP contribution in [-0.2, 0) is 9.47 Å². The quantitative estimate of drug-likeness (QED) is 0.832. The first kappa shape index (κ1) is 13.7. The summed E-state index contributed by atoms with van der Waals surface area (Å²) in [6.07, 6.45) is 1.01. The number of hydrogen-bond acceptors (Lipinski definition) is 6. The van der Waals surface area contributed by atoms with Crippen LogP contribution in [0.4, 0.5) is 10.5 Å². The van der Waals surface area contributed by atoms with E-state index in [0.717, 1.165) is 0 Å². The third-order valence-corrected chi connectivity index (χ3v) is 2.69. The molecule has 0 saturated carbocycles. The molecule has 0 radical (unpaired) electrons. The second-order valence-electron chi connectivity index (χ2n) is 5.41. The minimum atomic E-state index is -0.549. The van der Waals surface area contributed by atoms with Crippen LogP contribution >= 0.6 is 0 Å². The number of anilines is 1. The van der Waals surface area contributed by atoms with Crippen molar-refractivity contribution in [1.29, 1.82) is 0 Å². The Hall–Kier alpha value is -1.76. The molecule has 1 saturated heterocycles. The van der Waals surface area contributed by atoms with Crippen LogP contribution in [0.25, 0.3) is 0 Å². The summed E-state index contributed by atoms with van der Waals surface area (Å²) in [6, 6.07) is -0.397. The largest absolute Gasteiger partial charge is 0.444 e. The average molecular weight is 269 g/mol. The van der Waals surface area contributed by atoms with E-state index < -0.39 is 17.7 Å². The van der Waals surface area contributed by atoms with Crippen LogP contribution in [0, 0.1) is 0 Å². The van der Waals surface area contributed by atoms with Crippen molar-refractivity contribution in [3.05, 3.63) is 12.0 Å². The molecule has 1 aromatic rings. The van der Waals surface area contributed by atoms with E-state index in [1.807, 2.05) is 20.8 Å². The van der Waals surface area contributed by atoms with Gasteiger partial charge in [-0.05, 0) is 20.8 Å². The second kappa shape index (κ2) is 5.08. The number of ether oxygens (including phenoxy) is 2. The maximum atomic E-state index is 12.2. The van der Waals surface area contributed by atoms with Crippen molar-refractivity contribution in [3.8, 4) is 0 Å². The molecule has 2 N–H and O–H groups in total. The lowest BCUT2D eigenvalue weighted by Crippen LogP contribution is -2.45. The Labute approximate surface area is 111 Å². The molecular formula is C12H19N3O4. The molecular weight excluding hydrogens is 250 g/mol. The van der Waals surface area contributed by atoms with Crippen molar-refractivity contribution in [1.82, 2.24) is 10.1 Å². The Kier molecular flexibility index (Phi) is 3.66. The van der Waals surface area contributed by atoms with Crippen LogP contribution in [0.1, 0.15) is 32.6 Å². The summed E-state index contributed by atoms with van der Waals surface area (Å²) in [4.78, 5) is 13.7. The number of morpholine rings is 1. The fraction of sp³-hybridized carbons (Fsp3) is 0.667. The summed E-state index contributed by atoms with van der Waals surface area (Å²) < 4.78 is 15.9. The van der Waals surface area contributed by atoms with E-state index in [1.165, 1.54) is 6.20 Å². The molecule has 1 amide bonds. The number of aromatic nitrogens is 1. The van der Waals surface area contributed by atoms with E-state index >= 15 is 0 Å². The normalized spacial score (nSPS) is 20.4. The van der Waals surface area contributed by atoms with Crippen molar-refractivity contribution >= 4 is 11.8 Å². The molecule has 0 spiro atoms.